The number of aryl methyl sites for hydroxylation is 1. The highest BCUT2D eigenvalue weighted by Gasteiger charge is 2.20. The number of anilines is 1. The van der Waals surface area contributed by atoms with Crippen LogP contribution in [0.5, 0.6) is 11.8 Å². The van der Waals surface area contributed by atoms with E-state index in [0.717, 1.165) is 11.1 Å². The van der Waals surface area contributed by atoms with Gasteiger partial charge < -0.3 is 15.5 Å². The number of aromatic nitrogens is 4. The highest BCUT2D eigenvalue weighted by atomic mass is 79.9. The molecule has 10 heteroatoms. The number of pyridine rings is 1. The maximum Gasteiger partial charge on any atom is 0.274 e. The van der Waals surface area contributed by atoms with Crippen molar-refractivity contribution in [2.45, 2.75) is 13.5 Å². The van der Waals surface area contributed by atoms with E-state index < -0.39 is 5.91 Å². The molecular weight excluding hydrogens is 534 g/mol. The van der Waals surface area contributed by atoms with E-state index in [-0.39, 0.29) is 17.5 Å². The number of fused-ring (bicyclic) bond motifs is 1. The minimum absolute atomic E-state index is 0.0530. The number of amides is 1. The van der Waals surface area contributed by atoms with Gasteiger partial charge in [0.1, 0.15) is 10.3 Å². The third-order valence-electron chi connectivity index (χ3n) is 5.58. The Labute approximate surface area is 213 Å². The van der Waals surface area contributed by atoms with Crippen molar-refractivity contribution in [3.63, 3.8) is 0 Å². The number of carbonyl (C=O) groups excluding carboxylic acids is 1. The number of hydrogen-bond acceptors (Lipinski definition) is 5. The van der Waals surface area contributed by atoms with Crippen LogP contribution in [0.4, 0.5) is 5.69 Å². The van der Waals surface area contributed by atoms with Crippen LogP contribution in [-0.2, 0) is 6.54 Å². The SMILES string of the molecule is Cc1ccc(Cn2c(O)c3ccc(NC(=O)c4cc(Br)nn4-c4ncccc4Cl)cc3c2O)cc1. The first kappa shape index (κ1) is 22.9. The molecule has 3 N–H and O–H groups in total. The number of rotatable bonds is 5. The second kappa shape index (κ2) is 9.09. The van der Waals surface area contributed by atoms with Crippen LogP contribution in [0.3, 0.4) is 0 Å². The summed E-state index contributed by atoms with van der Waals surface area (Å²) >= 11 is 9.54. The molecule has 0 aliphatic rings. The lowest BCUT2D eigenvalue weighted by Crippen LogP contribution is -2.17. The van der Waals surface area contributed by atoms with Crippen molar-refractivity contribution in [2.24, 2.45) is 0 Å². The zero-order chi connectivity index (χ0) is 24.7. The molecule has 3 aromatic heterocycles. The quantitative estimate of drug-likeness (QED) is 0.261. The van der Waals surface area contributed by atoms with E-state index in [4.69, 9.17) is 11.6 Å². The average molecular weight is 553 g/mol. The second-order valence-electron chi connectivity index (χ2n) is 8.01. The smallest absolute Gasteiger partial charge is 0.274 e. The lowest BCUT2D eigenvalue weighted by Gasteiger charge is -2.09. The molecule has 0 fully saturated rings. The van der Waals surface area contributed by atoms with Gasteiger partial charge in [0.15, 0.2) is 5.82 Å². The van der Waals surface area contributed by atoms with Crippen molar-refractivity contribution in [3.05, 3.63) is 93.3 Å². The molecule has 35 heavy (non-hydrogen) atoms. The molecule has 0 atom stereocenters. The van der Waals surface area contributed by atoms with Gasteiger partial charge in [-0.1, -0.05) is 41.4 Å². The summed E-state index contributed by atoms with van der Waals surface area (Å²) in [6.45, 7) is 2.29. The standard InChI is InChI=1S/C25H19BrClN5O3/c1-14-4-6-15(7-5-14)13-31-24(34)17-9-8-16(11-18(17)25(31)35)29-23(33)20-12-21(26)30-32(20)22-19(27)3-2-10-28-22/h2-12,34-35H,13H2,1H3,(H,29,33). The summed E-state index contributed by atoms with van der Waals surface area (Å²) in [5, 5.41) is 29.9. The maximum absolute atomic E-state index is 13.1. The monoisotopic (exact) mass is 551 g/mol. The number of carbonyl (C=O) groups is 1. The van der Waals surface area contributed by atoms with Crippen LogP contribution in [-0.4, -0.2) is 35.5 Å². The highest BCUT2D eigenvalue weighted by Crippen LogP contribution is 2.38. The van der Waals surface area contributed by atoms with Gasteiger partial charge in [-0.2, -0.15) is 5.10 Å². The fraction of sp³-hybridized carbons (Fsp3) is 0.0800. The summed E-state index contributed by atoms with van der Waals surface area (Å²) in [4.78, 5) is 17.3. The van der Waals surface area contributed by atoms with Crippen molar-refractivity contribution in [1.82, 2.24) is 19.3 Å². The van der Waals surface area contributed by atoms with Crippen LogP contribution in [0, 0.1) is 6.92 Å². The molecule has 0 spiro atoms. The van der Waals surface area contributed by atoms with E-state index in [0.29, 0.717) is 38.4 Å². The van der Waals surface area contributed by atoms with Gasteiger partial charge in [-0.15, -0.1) is 0 Å². The number of nitrogens with zero attached hydrogens (tertiary/aromatic N) is 4. The Balaban J connectivity index is 1.46. The Bertz CT molecular complexity index is 1580. The number of benzene rings is 2. The van der Waals surface area contributed by atoms with Gasteiger partial charge in [-0.25, -0.2) is 9.67 Å². The molecule has 8 nitrogen and oxygen atoms in total. The molecular formula is C25H19BrClN5O3. The molecule has 0 saturated heterocycles. The number of aromatic hydroxyl groups is 2. The van der Waals surface area contributed by atoms with Crippen LogP contribution in [0.25, 0.3) is 16.6 Å². The molecule has 1 amide bonds. The van der Waals surface area contributed by atoms with E-state index in [1.54, 1.807) is 42.6 Å². The highest BCUT2D eigenvalue weighted by molar-refractivity contribution is 9.10. The fourth-order valence-corrected chi connectivity index (χ4v) is 4.40. The second-order valence-corrected chi connectivity index (χ2v) is 9.23. The van der Waals surface area contributed by atoms with E-state index in [2.05, 4.69) is 31.3 Å². The first-order valence-corrected chi connectivity index (χ1v) is 11.8. The van der Waals surface area contributed by atoms with Gasteiger partial charge in [-0.3, -0.25) is 9.36 Å². The average Bonchev–Trinajstić information content (AvgIpc) is 3.34. The molecule has 176 valence electrons. The predicted molar refractivity (Wildman–Crippen MR) is 138 cm³/mol. The topological polar surface area (TPSA) is 105 Å². The number of hydrogen-bond donors (Lipinski definition) is 3. The molecule has 5 rings (SSSR count). The molecule has 0 aliphatic carbocycles. The normalized spacial score (nSPS) is 11.2. The van der Waals surface area contributed by atoms with Crippen molar-refractivity contribution in [1.29, 1.82) is 0 Å². The zero-order valence-corrected chi connectivity index (χ0v) is 20.7. The van der Waals surface area contributed by atoms with Gasteiger partial charge in [0.05, 0.1) is 11.6 Å². The molecule has 0 radical (unpaired) electrons. The van der Waals surface area contributed by atoms with Crippen molar-refractivity contribution in [3.8, 4) is 17.6 Å². The van der Waals surface area contributed by atoms with E-state index in [1.165, 1.54) is 9.25 Å². The Hall–Kier alpha value is -3.82. The summed E-state index contributed by atoms with van der Waals surface area (Å²) in [7, 11) is 0. The first-order chi connectivity index (χ1) is 16.8. The minimum atomic E-state index is -0.452. The predicted octanol–water partition coefficient (Wildman–Crippen LogP) is 5.66. The first-order valence-electron chi connectivity index (χ1n) is 10.6. The summed E-state index contributed by atoms with van der Waals surface area (Å²) in [5.74, 6) is -0.284. The van der Waals surface area contributed by atoms with Crippen LogP contribution in [0.15, 0.2) is 71.5 Å². The summed E-state index contributed by atoms with van der Waals surface area (Å²) in [6.07, 6.45) is 1.56. The number of nitrogens with one attached hydrogen (secondary N) is 1. The maximum atomic E-state index is 13.1. The van der Waals surface area contributed by atoms with E-state index >= 15 is 0 Å². The Morgan fingerprint density at radius 3 is 2.54 bits per heavy atom. The van der Waals surface area contributed by atoms with E-state index in [9.17, 15) is 15.0 Å². The van der Waals surface area contributed by atoms with Gasteiger partial charge >= 0.3 is 0 Å². The Morgan fingerprint density at radius 1 is 1.06 bits per heavy atom. The van der Waals surface area contributed by atoms with Gasteiger partial charge in [-0.05, 0) is 58.7 Å². The third-order valence-corrected chi connectivity index (χ3v) is 6.27. The molecule has 5 aromatic rings. The van der Waals surface area contributed by atoms with Crippen LogP contribution >= 0.6 is 27.5 Å². The molecule has 3 heterocycles. The zero-order valence-electron chi connectivity index (χ0n) is 18.4. The Kier molecular flexibility index (Phi) is 5.96. The molecule has 0 bridgehead atoms. The van der Waals surface area contributed by atoms with Gasteiger partial charge in [0.25, 0.3) is 5.91 Å². The number of halogens is 2. The Morgan fingerprint density at radius 2 is 1.80 bits per heavy atom. The van der Waals surface area contributed by atoms with Crippen molar-refractivity contribution >= 4 is 49.9 Å². The fourth-order valence-electron chi connectivity index (χ4n) is 3.82. The molecule has 0 saturated carbocycles. The lowest BCUT2D eigenvalue weighted by molar-refractivity contribution is 0.101. The van der Waals surface area contributed by atoms with Crippen LogP contribution < -0.4 is 5.32 Å². The van der Waals surface area contributed by atoms with Gasteiger partial charge in [0.2, 0.25) is 11.8 Å². The summed E-state index contributed by atoms with van der Waals surface area (Å²) in [5.41, 5.74) is 2.70. The van der Waals surface area contributed by atoms with Crippen LogP contribution in [0.1, 0.15) is 21.6 Å². The summed E-state index contributed by atoms with van der Waals surface area (Å²) < 4.78 is 3.22. The van der Waals surface area contributed by atoms with Crippen molar-refractivity contribution in [2.75, 3.05) is 5.32 Å². The molecule has 0 unspecified atom stereocenters. The third kappa shape index (κ3) is 4.36. The molecule has 2 aromatic carbocycles. The largest absolute Gasteiger partial charge is 0.494 e. The minimum Gasteiger partial charge on any atom is -0.494 e. The van der Waals surface area contributed by atoms with Crippen LogP contribution in [0.2, 0.25) is 5.02 Å². The lowest BCUT2D eigenvalue weighted by atomic mass is 10.1. The van der Waals surface area contributed by atoms with E-state index in [1.807, 2.05) is 31.2 Å². The van der Waals surface area contributed by atoms with Crippen molar-refractivity contribution < 1.29 is 15.0 Å². The molecule has 0 aliphatic heterocycles. The summed E-state index contributed by atoms with van der Waals surface area (Å²) in [6, 6.07) is 17.6. The van der Waals surface area contributed by atoms with Gasteiger partial charge in [0, 0.05) is 28.7 Å².